The van der Waals surface area contributed by atoms with Crippen LogP contribution in [0.1, 0.15) is 27.2 Å². The molecule has 4 aromatic rings. The first-order valence-electron chi connectivity index (χ1n) is 10.7. The first kappa shape index (κ1) is 22.1. The van der Waals surface area contributed by atoms with Gasteiger partial charge in [0, 0.05) is 42.8 Å². The molecule has 4 rings (SSSR count). The molecule has 170 valence electrons. The topological polar surface area (TPSA) is 94.5 Å². The van der Waals surface area contributed by atoms with Crippen molar-refractivity contribution < 1.29 is 13.6 Å². The summed E-state index contributed by atoms with van der Waals surface area (Å²) in [5, 5.41) is 10.4. The van der Waals surface area contributed by atoms with E-state index in [0.717, 1.165) is 28.5 Å². The standard InChI is InChI=1S/C25H26FN5O2/c1-27-25(28-10-9-19-15-29-23-13-20(26)7-8-22(19)23)31-14-17-4-2-5-18(12-17)24(32)30-16-21-6-3-11-33-21/h2-8,11-13,15,29H,9-10,14,16H2,1H3,(H,30,32)(H2,27,28,31). The lowest BCUT2D eigenvalue weighted by Crippen LogP contribution is -2.37. The van der Waals surface area contributed by atoms with Crippen molar-refractivity contribution in [1.82, 2.24) is 20.9 Å². The zero-order valence-electron chi connectivity index (χ0n) is 18.3. The number of aromatic nitrogens is 1. The van der Waals surface area contributed by atoms with Crippen molar-refractivity contribution in [3.8, 4) is 0 Å². The van der Waals surface area contributed by atoms with Crippen molar-refractivity contribution in [1.29, 1.82) is 0 Å². The number of fused-ring (bicyclic) bond motifs is 1. The van der Waals surface area contributed by atoms with Crippen molar-refractivity contribution in [2.45, 2.75) is 19.5 Å². The van der Waals surface area contributed by atoms with Gasteiger partial charge in [0.05, 0.1) is 12.8 Å². The maximum absolute atomic E-state index is 13.4. The molecule has 0 saturated carbocycles. The van der Waals surface area contributed by atoms with Gasteiger partial charge >= 0.3 is 0 Å². The lowest BCUT2D eigenvalue weighted by molar-refractivity contribution is 0.0948. The maximum atomic E-state index is 13.4. The predicted octanol–water partition coefficient (Wildman–Crippen LogP) is 3.74. The summed E-state index contributed by atoms with van der Waals surface area (Å²) in [6, 6.07) is 15.8. The fourth-order valence-corrected chi connectivity index (χ4v) is 3.59. The van der Waals surface area contributed by atoms with Gasteiger partial charge in [-0.3, -0.25) is 9.79 Å². The molecule has 0 saturated heterocycles. The van der Waals surface area contributed by atoms with Crippen LogP contribution in [-0.4, -0.2) is 30.4 Å². The highest BCUT2D eigenvalue weighted by atomic mass is 19.1. The van der Waals surface area contributed by atoms with E-state index in [1.165, 1.54) is 12.1 Å². The Bertz CT molecular complexity index is 1250. The lowest BCUT2D eigenvalue weighted by Gasteiger charge is -2.12. The van der Waals surface area contributed by atoms with Gasteiger partial charge in [0.25, 0.3) is 5.91 Å². The van der Waals surface area contributed by atoms with E-state index in [9.17, 15) is 9.18 Å². The molecule has 0 unspecified atom stereocenters. The highest BCUT2D eigenvalue weighted by Crippen LogP contribution is 2.19. The number of hydrogen-bond acceptors (Lipinski definition) is 3. The lowest BCUT2D eigenvalue weighted by atomic mass is 10.1. The molecule has 0 aliphatic rings. The number of H-pyrrole nitrogens is 1. The van der Waals surface area contributed by atoms with Gasteiger partial charge < -0.3 is 25.4 Å². The largest absolute Gasteiger partial charge is 0.467 e. The molecule has 0 radical (unpaired) electrons. The van der Waals surface area contributed by atoms with E-state index in [-0.39, 0.29) is 11.7 Å². The zero-order chi connectivity index (χ0) is 23.0. The number of aromatic amines is 1. The molecule has 8 heteroatoms. The minimum Gasteiger partial charge on any atom is -0.467 e. The predicted molar refractivity (Wildman–Crippen MR) is 126 cm³/mol. The summed E-state index contributed by atoms with van der Waals surface area (Å²) >= 11 is 0. The number of amides is 1. The van der Waals surface area contributed by atoms with Crippen LogP contribution in [-0.2, 0) is 19.5 Å². The molecule has 4 N–H and O–H groups in total. The van der Waals surface area contributed by atoms with E-state index >= 15 is 0 Å². The van der Waals surface area contributed by atoms with Crippen LogP contribution in [0.15, 0.2) is 76.5 Å². The Labute approximate surface area is 191 Å². The van der Waals surface area contributed by atoms with E-state index in [1.54, 1.807) is 31.5 Å². The molecule has 0 spiro atoms. The summed E-state index contributed by atoms with van der Waals surface area (Å²) in [5.41, 5.74) is 3.45. The van der Waals surface area contributed by atoms with Crippen LogP contribution in [0.5, 0.6) is 0 Å². The second-order valence-corrected chi connectivity index (χ2v) is 7.57. The number of guanidine groups is 1. The van der Waals surface area contributed by atoms with Crippen molar-refractivity contribution in [2.24, 2.45) is 4.99 Å². The van der Waals surface area contributed by atoms with Gasteiger partial charge in [-0.2, -0.15) is 0 Å². The Hall–Kier alpha value is -4.07. The molecule has 1 amide bonds. The normalized spacial score (nSPS) is 11.5. The highest BCUT2D eigenvalue weighted by Gasteiger charge is 2.08. The molecule has 0 aliphatic carbocycles. The van der Waals surface area contributed by atoms with Crippen molar-refractivity contribution in [3.05, 3.63) is 95.3 Å². The van der Waals surface area contributed by atoms with Gasteiger partial charge in [0.2, 0.25) is 0 Å². The number of nitrogens with zero attached hydrogens (tertiary/aromatic N) is 1. The minimum absolute atomic E-state index is 0.158. The maximum Gasteiger partial charge on any atom is 0.251 e. The molecule has 33 heavy (non-hydrogen) atoms. The molecular formula is C25H26FN5O2. The van der Waals surface area contributed by atoms with Gasteiger partial charge in [-0.1, -0.05) is 12.1 Å². The van der Waals surface area contributed by atoms with Crippen molar-refractivity contribution in [2.75, 3.05) is 13.6 Å². The average Bonchev–Trinajstić information content (AvgIpc) is 3.49. The van der Waals surface area contributed by atoms with Crippen LogP contribution >= 0.6 is 0 Å². The summed E-state index contributed by atoms with van der Waals surface area (Å²) in [6.07, 6.45) is 4.25. The zero-order valence-corrected chi connectivity index (χ0v) is 18.3. The minimum atomic E-state index is -0.252. The molecule has 2 heterocycles. The number of rotatable bonds is 8. The van der Waals surface area contributed by atoms with Crippen LogP contribution in [0.4, 0.5) is 4.39 Å². The first-order chi connectivity index (χ1) is 16.1. The number of carbonyl (C=O) groups excluding carboxylic acids is 1. The highest BCUT2D eigenvalue weighted by molar-refractivity contribution is 5.94. The second kappa shape index (κ2) is 10.5. The van der Waals surface area contributed by atoms with Crippen molar-refractivity contribution in [3.63, 3.8) is 0 Å². The van der Waals surface area contributed by atoms with Crippen LogP contribution in [0.3, 0.4) is 0 Å². The molecule has 7 nitrogen and oxygen atoms in total. The Morgan fingerprint density at radius 1 is 1.06 bits per heavy atom. The Morgan fingerprint density at radius 2 is 1.97 bits per heavy atom. The summed E-state index contributed by atoms with van der Waals surface area (Å²) in [4.78, 5) is 19.8. The monoisotopic (exact) mass is 447 g/mol. The van der Waals surface area contributed by atoms with Gasteiger partial charge in [0.1, 0.15) is 11.6 Å². The molecule has 2 aromatic carbocycles. The molecule has 2 aromatic heterocycles. The Morgan fingerprint density at radius 3 is 2.79 bits per heavy atom. The van der Waals surface area contributed by atoms with E-state index < -0.39 is 0 Å². The van der Waals surface area contributed by atoms with E-state index in [2.05, 4.69) is 25.9 Å². The fourth-order valence-electron chi connectivity index (χ4n) is 3.59. The molecule has 0 fully saturated rings. The summed E-state index contributed by atoms with van der Waals surface area (Å²) in [7, 11) is 1.71. The number of benzene rings is 2. The van der Waals surface area contributed by atoms with Crippen molar-refractivity contribution >= 4 is 22.8 Å². The molecule has 0 atom stereocenters. The molecule has 0 aliphatic heterocycles. The molecule has 0 bridgehead atoms. The number of aliphatic imine (C=N–C) groups is 1. The second-order valence-electron chi connectivity index (χ2n) is 7.57. The number of furan rings is 1. The van der Waals surface area contributed by atoms with E-state index in [1.807, 2.05) is 30.5 Å². The van der Waals surface area contributed by atoms with Crippen LogP contribution < -0.4 is 16.0 Å². The van der Waals surface area contributed by atoms with Crippen LogP contribution in [0, 0.1) is 5.82 Å². The van der Waals surface area contributed by atoms with Gasteiger partial charge in [-0.25, -0.2) is 4.39 Å². The molecular weight excluding hydrogens is 421 g/mol. The van der Waals surface area contributed by atoms with Gasteiger partial charge in [0.15, 0.2) is 5.96 Å². The third kappa shape index (κ3) is 5.79. The fraction of sp³-hybridized carbons (Fsp3) is 0.200. The Balaban J connectivity index is 1.26. The van der Waals surface area contributed by atoms with Crippen LogP contribution in [0.2, 0.25) is 0 Å². The number of carbonyl (C=O) groups is 1. The Kier molecular flexibility index (Phi) is 7.04. The van der Waals surface area contributed by atoms with E-state index in [0.29, 0.717) is 36.9 Å². The smallest absolute Gasteiger partial charge is 0.251 e. The third-order valence-electron chi connectivity index (χ3n) is 5.29. The quantitative estimate of drug-likeness (QED) is 0.245. The number of halogens is 1. The summed E-state index contributed by atoms with van der Waals surface area (Å²) < 4.78 is 18.6. The SMILES string of the molecule is CN=C(NCCc1c[nH]c2cc(F)ccc12)NCc1cccc(C(=O)NCc2ccco2)c1. The van der Waals surface area contributed by atoms with E-state index in [4.69, 9.17) is 4.42 Å². The first-order valence-corrected chi connectivity index (χ1v) is 10.7. The number of nitrogens with one attached hydrogen (secondary N) is 4. The van der Waals surface area contributed by atoms with Gasteiger partial charge in [-0.15, -0.1) is 0 Å². The van der Waals surface area contributed by atoms with Gasteiger partial charge in [-0.05, 0) is 60.0 Å². The summed E-state index contributed by atoms with van der Waals surface area (Å²) in [5.74, 6) is 0.955. The third-order valence-corrected chi connectivity index (χ3v) is 5.29. The van der Waals surface area contributed by atoms with Crippen LogP contribution in [0.25, 0.3) is 10.9 Å². The summed E-state index contributed by atoms with van der Waals surface area (Å²) in [6.45, 7) is 1.53. The average molecular weight is 448 g/mol. The number of hydrogen-bond donors (Lipinski definition) is 4.